The highest BCUT2D eigenvalue weighted by Crippen LogP contribution is 2.28. The van der Waals surface area contributed by atoms with E-state index in [1.807, 2.05) is 25.1 Å². The van der Waals surface area contributed by atoms with E-state index < -0.39 is 0 Å². The highest BCUT2D eigenvalue weighted by atomic mass is 32.2. The second-order valence-corrected chi connectivity index (χ2v) is 6.49. The number of thioether (sulfide) groups is 1. The van der Waals surface area contributed by atoms with Crippen molar-refractivity contribution in [2.75, 3.05) is 7.11 Å². The smallest absolute Gasteiger partial charge is 0.226 e. The lowest BCUT2D eigenvalue weighted by Gasteiger charge is -2.09. The first-order valence-electron chi connectivity index (χ1n) is 8.09. The molecule has 0 unspecified atom stereocenters. The van der Waals surface area contributed by atoms with Crippen molar-refractivity contribution in [3.8, 4) is 11.4 Å². The molecule has 0 aliphatic rings. The van der Waals surface area contributed by atoms with Gasteiger partial charge in [-0.25, -0.2) is 0 Å². The van der Waals surface area contributed by atoms with Crippen molar-refractivity contribution in [3.05, 3.63) is 35.5 Å². The highest BCUT2D eigenvalue weighted by molar-refractivity contribution is 7.98. The second-order valence-electron chi connectivity index (χ2n) is 5.55. The van der Waals surface area contributed by atoms with Gasteiger partial charge in [0.05, 0.1) is 12.9 Å². The highest BCUT2D eigenvalue weighted by Gasteiger charge is 2.15. The Kier molecular flexibility index (Phi) is 5.64. The van der Waals surface area contributed by atoms with Crippen LogP contribution in [0.15, 0.2) is 27.9 Å². The van der Waals surface area contributed by atoms with Gasteiger partial charge in [0.25, 0.3) is 0 Å². The van der Waals surface area contributed by atoms with Gasteiger partial charge < -0.3 is 9.26 Å². The molecular formula is C16H20N6O2S. The van der Waals surface area contributed by atoms with Gasteiger partial charge in [-0.15, -0.1) is 5.10 Å². The minimum Gasteiger partial charge on any atom is -0.494 e. The van der Waals surface area contributed by atoms with Crippen molar-refractivity contribution in [3.63, 3.8) is 0 Å². The quantitative estimate of drug-likeness (QED) is 0.566. The van der Waals surface area contributed by atoms with Crippen LogP contribution in [-0.4, -0.2) is 37.5 Å². The number of ether oxygens (including phenoxy) is 1. The molecule has 0 bridgehead atoms. The molecule has 0 amide bonds. The van der Waals surface area contributed by atoms with E-state index in [0.29, 0.717) is 28.4 Å². The number of hydrogen-bond donors (Lipinski definition) is 0. The number of hydrogen-bond acceptors (Lipinski definition) is 8. The molecule has 1 aromatic carbocycles. The molecule has 0 fully saturated rings. The van der Waals surface area contributed by atoms with Crippen molar-refractivity contribution in [1.29, 1.82) is 0 Å². The lowest BCUT2D eigenvalue weighted by molar-refractivity contribution is 0.371. The van der Waals surface area contributed by atoms with Gasteiger partial charge in [0, 0.05) is 6.42 Å². The fourth-order valence-electron chi connectivity index (χ4n) is 2.29. The maximum atomic E-state index is 5.42. The molecule has 8 nitrogen and oxygen atoms in total. The van der Waals surface area contributed by atoms with E-state index in [0.717, 1.165) is 30.5 Å². The van der Waals surface area contributed by atoms with Crippen LogP contribution in [0.1, 0.15) is 37.0 Å². The molecule has 0 spiro atoms. The van der Waals surface area contributed by atoms with Gasteiger partial charge in [-0.05, 0) is 41.5 Å². The zero-order valence-corrected chi connectivity index (χ0v) is 15.3. The number of unbranched alkanes of at least 4 members (excludes halogenated alkanes) is 1. The third-order valence-corrected chi connectivity index (χ3v) is 4.50. The van der Waals surface area contributed by atoms with Crippen molar-refractivity contribution < 1.29 is 9.26 Å². The summed E-state index contributed by atoms with van der Waals surface area (Å²) in [7, 11) is 1.63. The predicted molar refractivity (Wildman–Crippen MR) is 92.9 cm³/mol. The fraction of sp³-hybridized carbons (Fsp3) is 0.438. The maximum Gasteiger partial charge on any atom is 0.226 e. The zero-order chi connectivity index (χ0) is 17.6. The van der Waals surface area contributed by atoms with Crippen molar-refractivity contribution in [1.82, 2.24) is 30.3 Å². The summed E-state index contributed by atoms with van der Waals surface area (Å²) in [4.78, 5) is 4.40. The Labute approximate surface area is 150 Å². The Morgan fingerprint density at radius 2 is 2.20 bits per heavy atom. The molecule has 9 heteroatoms. The topological polar surface area (TPSA) is 91.8 Å². The summed E-state index contributed by atoms with van der Waals surface area (Å²) in [5.41, 5.74) is 1.90. The molecule has 0 N–H and O–H groups in total. The van der Waals surface area contributed by atoms with Crippen LogP contribution in [0.4, 0.5) is 0 Å². The van der Waals surface area contributed by atoms with Crippen LogP contribution in [0, 0.1) is 6.92 Å². The first-order chi connectivity index (χ1) is 12.2. The number of aromatic nitrogens is 6. The van der Waals surface area contributed by atoms with Gasteiger partial charge in [0.2, 0.25) is 11.0 Å². The number of rotatable bonds is 8. The fourth-order valence-corrected chi connectivity index (χ4v) is 3.02. The maximum absolute atomic E-state index is 5.42. The van der Waals surface area contributed by atoms with E-state index in [-0.39, 0.29) is 0 Å². The van der Waals surface area contributed by atoms with E-state index in [2.05, 4.69) is 32.6 Å². The van der Waals surface area contributed by atoms with Crippen molar-refractivity contribution >= 4 is 11.8 Å². The van der Waals surface area contributed by atoms with Crippen LogP contribution in [0.5, 0.6) is 5.75 Å². The van der Waals surface area contributed by atoms with Gasteiger partial charge in [-0.2, -0.15) is 9.67 Å². The van der Waals surface area contributed by atoms with E-state index in [1.54, 1.807) is 11.8 Å². The predicted octanol–water partition coefficient (Wildman–Crippen LogP) is 3.00. The Bertz CT molecular complexity index is 832. The second kappa shape index (κ2) is 8.11. The molecule has 0 saturated carbocycles. The third kappa shape index (κ3) is 4.16. The monoisotopic (exact) mass is 360 g/mol. The average molecular weight is 360 g/mol. The van der Waals surface area contributed by atoms with Gasteiger partial charge >= 0.3 is 0 Å². The van der Waals surface area contributed by atoms with Crippen LogP contribution in [0.2, 0.25) is 0 Å². The first kappa shape index (κ1) is 17.4. The number of nitrogens with zero attached hydrogens (tertiary/aromatic N) is 6. The summed E-state index contributed by atoms with van der Waals surface area (Å²) >= 11 is 1.45. The van der Waals surface area contributed by atoms with E-state index in [9.17, 15) is 0 Å². The molecule has 2 aromatic heterocycles. The number of methoxy groups -OCH3 is 1. The van der Waals surface area contributed by atoms with E-state index >= 15 is 0 Å². The Hall–Kier alpha value is -2.42. The molecule has 25 heavy (non-hydrogen) atoms. The minimum absolute atomic E-state index is 0.532. The summed E-state index contributed by atoms with van der Waals surface area (Å²) < 4.78 is 12.3. The SMILES string of the molecule is CCCCc1nc(CSc2nnnn2-c2cc(C)ccc2OC)no1. The lowest BCUT2D eigenvalue weighted by Crippen LogP contribution is -2.02. The molecule has 0 radical (unpaired) electrons. The van der Waals surface area contributed by atoms with Crippen LogP contribution in [-0.2, 0) is 12.2 Å². The molecule has 0 aliphatic carbocycles. The minimum atomic E-state index is 0.532. The third-order valence-electron chi connectivity index (χ3n) is 3.59. The normalized spacial score (nSPS) is 11.0. The summed E-state index contributed by atoms with van der Waals surface area (Å²) in [6, 6.07) is 5.87. The standard InChI is InChI=1S/C16H20N6O2S/c1-4-5-6-15-17-14(19-24-15)10-25-16-18-20-21-22(16)12-9-11(2)7-8-13(12)23-3/h7-9H,4-6,10H2,1-3H3. The number of benzene rings is 1. The summed E-state index contributed by atoms with van der Waals surface area (Å²) in [6.45, 7) is 4.14. The molecule has 2 heterocycles. The summed E-state index contributed by atoms with van der Waals surface area (Å²) in [6.07, 6.45) is 2.95. The Morgan fingerprint density at radius 1 is 1.32 bits per heavy atom. The molecule has 0 saturated heterocycles. The Morgan fingerprint density at radius 3 is 3.00 bits per heavy atom. The van der Waals surface area contributed by atoms with Gasteiger partial charge in [-0.1, -0.05) is 36.3 Å². The Balaban J connectivity index is 1.74. The van der Waals surface area contributed by atoms with E-state index in [1.165, 1.54) is 11.8 Å². The molecule has 0 aliphatic heterocycles. The van der Waals surface area contributed by atoms with Crippen LogP contribution in [0.3, 0.4) is 0 Å². The largest absolute Gasteiger partial charge is 0.494 e. The van der Waals surface area contributed by atoms with Gasteiger partial charge in [-0.3, -0.25) is 0 Å². The van der Waals surface area contributed by atoms with Crippen LogP contribution < -0.4 is 4.74 Å². The van der Waals surface area contributed by atoms with Crippen LogP contribution >= 0.6 is 11.8 Å². The number of tetrazole rings is 1. The average Bonchev–Trinajstić information content (AvgIpc) is 3.27. The number of aryl methyl sites for hydroxylation is 2. The van der Waals surface area contributed by atoms with Crippen molar-refractivity contribution in [2.24, 2.45) is 0 Å². The summed E-state index contributed by atoms with van der Waals surface area (Å²) in [5, 5.41) is 16.6. The first-order valence-corrected chi connectivity index (χ1v) is 9.07. The molecule has 132 valence electrons. The zero-order valence-electron chi connectivity index (χ0n) is 14.5. The molecule has 3 rings (SSSR count). The van der Waals surface area contributed by atoms with E-state index in [4.69, 9.17) is 9.26 Å². The van der Waals surface area contributed by atoms with Crippen LogP contribution in [0.25, 0.3) is 5.69 Å². The molecular weight excluding hydrogens is 340 g/mol. The molecule has 0 atom stereocenters. The lowest BCUT2D eigenvalue weighted by atomic mass is 10.2. The van der Waals surface area contributed by atoms with Gasteiger partial charge in [0.1, 0.15) is 11.4 Å². The summed E-state index contributed by atoms with van der Waals surface area (Å²) in [5.74, 6) is 2.56. The van der Waals surface area contributed by atoms with Crippen molar-refractivity contribution in [2.45, 2.75) is 44.0 Å². The molecule has 3 aromatic rings. The van der Waals surface area contributed by atoms with Gasteiger partial charge in [0.15, 0.2) is 5.82 Å².